The third kappa shape index (κ3) is 2.91. The molecule has 4 rings (SSSR count). The highest BCUT2D eigenvalue weighted by Crippen LogP contribution is 2.29. The molecule has 1 aliphatic rings. The van der Waals surface area contributed by atoms with Crippen LogP contribution >= 0.6 is 0 Å². The van der Waals surface area contributed by atoms with E-state index in [1.54, 1.807) is 0 Å². The van der Waals surface area contributed by atoms with Crippen molar-refractivity contribution >= 4 is 10.9 Å². The van der Waals surface area contributed by atoms with Crippen molar-refractivity contribution in [2.45, 2.75) is 25.2 Å². The molecule has 2 aromatic carbocycles. The molecule has 2 heteroatoms. The molecule has 0 aliphatic carbocycles. The summed E-state index contributed by atoms with van der Waals surface area (Å²) in [5, 5.41) is 1.41. The lowest BCUT2D eigenvalue weighted by Crippen LogP contribution is -2.26. The van der Waals surface area contributed by atoms with Gasteiger partial charge >= 0.3 is 0 Å². The number of para-hydroxylation sites is 1. The number of nitrogens with zero attached hydrogens (tertiary/aromatic N) is 1. The van der Waals surface area contributed by atoms with Gasteiger partial charge in [-0.05, 0) is 49.4 Å². The SMILES string of the molecule is CN1CCc2c([nH]c3ccccc23)CCC(c2ccccc2)C1. The molecule has 0 radical (unpaired) electrons. The van der Waals surface area contributed by atoms with Crippen LogP contribution in [0, 0.1) is 0 Å². The van der Waals surface area contributed by atoms with Crippen molar-refractivity contribution in [3.05, 3.63) is 71.4 Å². The largest absolute Gasteiger partial charge is 0.358 e. The summed E-state index contributed by atoms with van der Waals surface area (Å²) in [6.07, 6.45) is 3.48. The summed E-state index contributed by atoms with van der Waals surface area (Å²) in [6.45, 7) is 2.27. The summed E-state index contributed by atoms with van der Waals surface area (Å²) in [6, 6.07) is 19.7. The summed E-state index contributed by atoms with van der Waals surface area (Å²) in [5.74, 6) is 0.610. The van der Waals surface area contributed by atoms with Crippen molar-refractivity contribution in [2.75, 3.05) is 20.1 Å². The Bertz CT molecular complexity index is 788. The van der Waals surface area contributed by atoms with Crippen LogP contribution < -0.4 is 0 Å². The molecule has 1 N–H and O–H groups in total. The second-order valence-corrected chi connectivity index (χ2v) is 6.79. The molecule has 1 aromatic heterocycles. The van der Waals surface area contributed by atoms with Gasteiger partial charge in [-0.1, -0.05) is 48.5 Å². The van der Waals surface area contributed by atoms with Gasteiger partial charge < -0.3 is 9.88 Å². The normalized spacial score (nSPS) is 19.8. The fourth-order valence-electron chi connectivity index (χ4n) is 3.93. The fourth-order valence-corrected chi connectivity index (χ4v) is 3.93. The van der Waals surface area contributed by atoms with Crippen LogP contribution in [0.3, 0.4) is 0 Å². The van der Waals surface area contributed by atoms with Gasteiger partial charge in [0.1, 0.15) is 0 Å². The molecule has 3 aromatic rings. The maximum atomic E-state index is 3.68. The molecule has 1 aliphatic heterocycles. The van der Waals surface area contributed by atoms with Crippen LogP contribution in [0.4, 0.5) is 0 Å². The molecular weight excluding hydrogens is 280 g/mol. The number of hydrogen-bond acceptors (Lipinski definition) is 1. The third-order valence-corrected chi connectivity index (χ3v) is 5.19. The van der Waals surface area contributed by atoms with E-state index in [1.165, 1.54) is 34.1 Å². The van der Waals surface area contributed by atoms with Gasteiger partial charge in [-0.3, -0.25) is 0 Å². The maximum Gasteiger partial charge on any atom is 0.0458 e. The third-order valence-electron chi connectivity index (χ3n) is 5.19. The predicted octanol–water partition coefficient (Wildman–Crippen LogP) is 4.37. The molecular formula is C21H24N2. The van der Waals surface area contributed by atoms with Crippen LogP contribution in [0.1, 0.15) is 29.2 Å². The fraction of sp³-hybridized carbons (Fsp3) is 0.333. The average Bonchev–Trinajstić information content (AvgIpc) is 2.97. The van der Waals surface area contributed by atoms with E-state index < -0.39 is 0 Å². The van der Waals surface area contributed by atoms with Gasteiger partial charge in [0.15, 0.2) is 0 Å². The van der Waals surface area contributed by atoms with E-state index in [0.717, 1.165) is 25.9 Å². The molecule has 2 heterocycles. The summed E-state index contributed by atoms with van der Waals surface area (Å²) < 4.78 is 0. The maximum absolute atomic E-state index is 3.68. The predicted molar refractivity (Wildman–Crippen MR) is 97.0 cm³/mol. The quantitative estimate of drug-likeness (QED) is 0.707. The smallest absolute Gasteiger partial charge is 0.0458 e. The first kappa shape index (κ1) is 14.5. The first-order valence-electron chi connectivity index (χ1n) is 8.63. The number of fused-ring (bicyclic) bond motifs is 3. The van der Waals surface area contributed by atoms with Crippen molar-refractivity contribution in [2.24, 2.45) is 0 Å². The summed E-state index contributed by atoms with van der Waals surface area (Å²) >= 11 is 0. The van der Waals surface area contributed by atoms with E-state index in [4.69, 9.17) is 0 Å². The van der Waals surface area contributed by atoms with Crippen LogP contribution in [-0.2, 0) is 12.8 Å². The Hall–Kier alpha value is -2.06. The molecule has 2 nitrogen and oxygen atoms in total. The monoisotopic (exact) mass is 304 g/mol. The van der Waals surface area contributed by atoms with Gasteiger partial charge in [-0.15, -0.1) is 0 Å². The summed E-state index contributed by atoms with van der Waals surface area (Å²) in [7, 11) is 2.26. The number of hydrogen-bond donors (Lipinski definition) is 1. The number of benzene rings is 2. The topological polar surface area (TPSA) is 19.0 Å². The minimum absolute atomic E-state index is 0.610. The van der Waals surface area contributed by atoms with Gasteiger partial charge in [0.2, 0.25) is 0 Å². The van der Waals surface area contributed by atoms with Crippen molar-refractivity contribution in [1.29, 1.82) is 0 Å². The van der Waals surface area contributed by atoms with Crippen molar-refractivity contribution < 1.29 is 0 Å². The zero-order chi connectivity index (χ0) is 15.6. The number of aryl methyl sites for hydroxylation is 1. The number of nitrogens with one attached hydrogen (secondary N) is 1. The van der Waals surface area contributed by atoms with E-state index in [9.17, 15) is 0 Å². The van der Waals surface area contributed by atoms with E-state index in [1.807, 2.05) is 0 Å². The molecule has 0 saturated heterocycles. The van der Waals surface area contributed by atoms with E-state index in [2.05, 4.69) is 71.5 Å². The highest BCUT2D eigenvalue weighted by molar-refractivity contribution is 5.84. The Labute approximate surface area is 138 Å². The van der Waals surface area contributed by atoms with E-state index >= 15 is 0 Å². The Morgan fingerprint density at radius 3 is 2.61 bits per heavy atom. The molecule has 118 valence electrons. The molecule has 0 fully saturated rings. The molecule has 1 unspecified atom stereocenters. The lowest BCUT2D eigenvalue weighted by Gasteiger charge is -2.23. The van der Waals surface area contributed by atoms with Gasteiger partial charge in [0, 0.05) is 29.7 Å². The number of aromatic nitrogens is 1. The van der Waals surface area contributed by atoms with Gasteiger partial charge in [-0.2, -0.15) is 0 Å². The lowest BCUT2D eigenvalue weighted by molar-refractivity contribution is 0.311. The van der Waals surface area contributed by atoms with Crippen molar-refractivity contribution in [3.8, 4) is 0 Å². The van der Waals surface area contributed by atoms with Crippen molar-refractivity contribution in [3.63, 3.8) is 0 Å². The Morgan fingerprint density at radius 2 is 1.74 bits per heavy atom. The molecule has 23 heavy (non-hydrogen) atoms. The Balaban J connectivity index is 1.69. The van der Waals surface area contributed by atoms with Crippen LogP contribution in [0.5, 0.6) is 0 Å². The Kier molecular flexibility index (Phi) is 3.92. The lowest BCUT2D eigenvalue weighted by atomic mass is 9.93. The molecule has 0 amide bonds. The van der Waals surface area contributed by atoms with Gasteiger partial charge in [0.05, 0.1) is 0 Å². The minimum Gasteiger partial charge on any atom is -0.358 e. The van der Waals surface area contributed by atoms with Crippen LogP contribution in [-0.4, -0.2) is 30.0 Å². The van der Waals surface area contributed by atoms with E-state index in [-0.39, 0.29) is 0 Å². The minimum atomic E-state index is 0.610. The zero-order valence-corrected chi connectivity index (χ0v) is 13.8. The second-order valence-electron chi connectivity index (χ2n) is 6.79. The standard InChI is InChI=1S/C21H24N2/c1-23-14-13-19-18-9-5-6-10-20(18)22-21(19)12-11-17(15-23)16-7-3-2-4-8-16/h2-10,17,22H,11-15H2,1H3. The first-order valence-corrected chi connectivity index (χ1v) is 8.63. The zero-order valence-electron chi connectivity index (χ0n) is 13.8. The first-order chi connectivity index (χ1) is 11.3. The van der Waals surface area contributed by atoms with Crippen molar-refractivity contribution in [1.82, 2.24) is 9.88 Å². The van der Waals surface area contributed by atoms with Gasteiger partial charge in [0.25, 0.3) is 0 Å². The number of likely N-dealkylation sites (N-methyl/N-ethyl adjacent to an activating group) is 1. The highest BCUT2D eigenvalue weighted by atomic mass is 15.1. The highest BCUT2D eigenvalue weighted by Gasteiger charge is 2.20. The average molecular weight is 304 g/mol. The number of rotatable bonds is 1. The molecule has 1 atom stereocenters. The van der Waals surface area contributed by atoms with Crippen LogP contribution in [0.25, 0.3) is 10.9 Å². The second kappa shape index (κ2) is 6.21. The summed E-state index contributed by atoms with van der Waals surface area (Å²) in [5.41, 5.74) is 5.74. The Morgan fingerprint density at radius 1 is 0.957 bits per heavy atom. The molecule has 0 spiro atoms. The number of aromatic amines is 1. The number of H-pyrrole nitrogens is 1. The van der Waals surface area contributed by atoms with Crippen LogP contribution in [0.15, 0.2) is 54.6 Å². The summed E-state index contributed by atoms with van der Waals surface area (Å²) in [4.78, 5) is 6.17. The van der Waals surface area contributed by atoms with Gasteiger partial charge in [-0.25, -0.2) is 0 Å². The molecule has 0 saturated carbocycles. The van der Waals surface area contributed by atoms with Crippen LogP contribution in [0.2, 0.25) is 0 Å². The van der Waals surface area contributed by atoms with E-state index in [0.29, 0.717) is 5.92 Å². The molecule has 0 bridgehead atoms.